The molecule has 19 heavy (non-hydrogen) atoms. The molecule has 0 aliphatic rings. The molecule has 1 rings (SSSR count). The molecule has 1 unspecified atom stereocenters. The molecule has 7 heteroatoms. The van der Waals surface area contributed by atoms with Crippen LogP contribution in [0.25, 0.3) is 0 Å². The number of hydrogen-bond acceptors (Lipinski definition) is 5. The van der Waals surface area contributed by atoms with Crippen LogP contribution in [0.3, 0.4) is 0 Å². The third-order valence-corrected chi connectivity index (χ3v) is 4.57. The summed E-state index contributed by atoms with van der Waals surface area (Å²) in [6, 6.07) is 1.56. The SMILES string of the molecule is CCC(C)(OC)C(=O)NS(=O)(=O)c1cnccc1C. The number of carbonyl (C=O) groups excluding carboxylic acids is 1. The number of carbonyl (C=O) groups is 1. The van der Waals surface area contributed by atoms with Gasteiger partial charge in [0.25, 0.3) is 15.9 Å². The number of pyridine rings is 1. The van der Waals surface area contributed by atoms with E-state index in [0.29, 0.717) is 12.0 Å². The summed E-state index contributed by atoms with van der Waals surface area (Å²) in [4.78, 5) is 15.7. The Labute approximate surface area is 113 Å². The van der Waals surface area contributed by atoms with Crippen LogP contribution in [0, 0.1) is 6.92 Å². The molecule has 0 bridgehead atoms. The number of nitrogens with one attached hydrogen (secondary N) is 1. The molecule has 0 aromatic carbocycles. The molecule has 0 radical (unpaired) electrons. The maximum Gasteiger partial charge on any atom is 0.265 e. The predicted octanol–water partition coefficient (Wildman–Crippen LogP) is 1.01. The van der Waals surface area contributed by atoms with Gasteiger partial charge in [0.05, 0.1) is 0 Å². The second-order valence-corrected chi connectivity index (χ2v) is 6.02. The summed E-state index contributed by atoms with van der Waals surface area (Å²) in [5.41, 5.74) is -0.658. The summed E-state index contributed by atoms with van der Waals surface area (Å²) in [6.07, 6.45) is 3.05. The van der Waals surface area contributed by atoms with Gasteiger partial charge in [-0.05, 0) is 31.9 Å². The lowest BCUT2D eigenvalue weighted by Gasteiger charge is -2.25. The summed E-state index contributed by atoms with van der Waals surface area (Å²) in [5, 5.41) is 0. The molecule has 1 N–H and O–H groups in total. The van der Waals surface area contributed by atoms with Gasteiger partial charge in [-0.25, -0.2) is 13.1 Å². The molecule has 1 heterocycles. The van der Waals surface area contributed by atoms with E-state index in [9.17, 15) is 13.2 Å². The van der Waals surface area contributed by atoms with Crippen LogP contribution < -0.4 is 4.72 Å². The van der Waals surface area contributed by atoms with E-state index in [1.807, 2.05) is 4.72 Å². The van der Waals surface area contributed by atoms with Crippen LogP contribution >= 0.6 is 0 Å². The Morgan fingerprint density at radius 2 is 2.16 bits per heavy atom. The number of amides is 1. The van der Waals surface area contributed by atoms with Gasteiger partial charge < -0.3 is 4.74 Å². The maximum absolute atomic E-state index is 12.1. The fourth-order valence-electron chi connectivity index (χ4n) is 1.41. The molecule has 0 fully saturated rings. The number of aromatic nitrogens is 1. The number of ether oxygens (including phenoxy) is 1. The molecule has 0 aliphatic carbocycles. The lowest BCUT2D eigenvalue weighted by molar-refractivity contribution is -0.139. The zero-order valence-electron chi connectivity index (χ0n) is 11.4. The van der Waals surface area contributed by atoms with Crippen LogP contribution in [0.5, 0.6) is 0 Å². The Kier molecular flexibility index (Phi) is 4.65. The lowest BCUT2D eigenvalue weighted by Crippen LogP contribution is -2.47. The van der Waals surface area contributed by atoms with Crippen LogP contribution in [0.4, 0.5) is 0 Å². The summed E-state index contributed by atoms with van der Waals surface area (Å²) in [6.45, 7) is 4.91. The maximum atomic E-state index is 12.1. The number of methoxy groups -OCH3 is 1. The molecule has 1 amide bonds. The Hall–Kier alpha value is -1.47. The number of aryl methyl sites for hydroxylation is 1. The van der Waals surface area contributed by atoms with Crippen LogP contribution in [0.1, 0.15) is 25.8 Å². The monoisotopic (exact) mass is 286 g/mol. The molecule has 6 nitrogen and oxygen atoms in total. The highest BCUT2D eigenvalue weighted by atomic mass is 32.2. The van der Waals surface area contributed by atoms with E-state index in [4.69, 9.17) is 4.74 Å². The van der Waals surface area contributed by atoms with Gasteiger partial charge in [-0.1, -0.05) is 6.92 Å². The first kappa shape index (κ1) is 15.6. The first-order valence-corrected chi connectivity index (χ1v) is 7.28. The van der Waals surface area contributed by atoms with Crippen molar-refractivity contribution in [2.75, 3.05) is 7.11 Å². The van der Waals surface area contributed by atoms with Gasteiger partial charge >= 0.3 is 0 Å². The molecular weight excluding hydrogens is 268 g/mol. The van der Waals surface area contributed by atoms with Crippen molar-refractivity contribution in [3.63, 3.8) is 0 Å². The summed E-state index contributed by atoms with van der Waals surface area (Å²) in [5.74, 6) is -0.694. The molecule has 0 aliphatic heterocycles. The van der Waals surface area contributed by atoms with Crippen molar-refractivity contribution < 1.29 is 17.9 Å². The van der Waals surface area contributed by atoms with Crippen molar-refractivity contribution in [1.29, 1.82) is 0 Å². The number of sulfonamides is 1. The standard InChI is InChI=1S/C12H18N2O4S/c1-5-12(3,18-4)11(15)14-19(16,17)10-8-13-7-6-9(10)2/h6-8H,5H2,1-4H3,(H,14,15). The first-order valence-electron chi connectivity index (χ1n) is 5.80. The largest absolute Gasteiger partial charge is 0.369 e. The molecule has 1 atom stereocenters. The van der Waals surface area contributed by atoms with Crippen molar-refractivity contribution in [2.24, 2.45) is 0 Å². The average Bonchev–Trinajstić information content (AvgIpc) is 2.37. The Morgan fingerprint density at radius 3 is 2.63 bits per heavy atom. The van der Waals surface area contributed by atoms with Crippen LogP contribution in [0.15, 0.2) is 23.4 Å². The molecule has 106 valence electrons. The molecule has 0 spiro atoms. The van der Waals surface area contributed by atoms with E-state index < -0.39 is 21.5 Å². The second kappa shape index (κ2) is 5.66. The fraction of sp³-hybridized carbons (Fsp3) is 0.500. The van der Waals surface area contributed by atoms with Crippen molar-refractivity contribution in [3.05, 3.63) is 24.0 Å². The van der Waals surface area contributed by atoms with E-state index in [2.05, 4.69) is 4.98 Å². The Bertz CT molecular complexity index is 565. The average molecular weight is 286 g/mol. The van der Waals surface area contributed by atoms with Gasteiger partial charge in [0, 0.05) is 19.5 Å². The Morgan fingerprint density at radius 1 is 1.53 bits per heavy atom. The highest BCUT2D eigenvalue weighted by molar-refractivity contribution is 7.90. The lowest BCUT2D eigenvalue weighted by atomic mass is 10.0. The van der Waals surface area contributed by atoms with Gasteiger partial charge in [-0.15, -0.1) is 0 Å². The van der Waals surface area contributed by atoms with Gasteiger partial charge in [0.2, 0.25) is 0 Å². The predicted molar refractivity (Wildman–Crippen MR) is 70.0 cm³/mol. The summed E-state index contributed by atoms with van der Waals surface area (Å²) in [7, 11) is -2.57. The van der Waals surface area contributed by atoms with Gasteiger partial charge in [-0.3, -0.25) is 9.78 Å². The minimum atomic E-state index is -3.94. The van der Waals surface area contributed by atoms with E-state index >= 15 is 0 Å². The number of nitrogens with zero attached hydrogens (tertiary/aromatic N) is 1. The molecule has 1 aromatic rings. The van der Waals surface area contributed by atoms with Crippen LogP contribution in [-0.4, -0.2) is 32.0 Å². The topological polar surface area (TPSA) is 85.4 Å². The number of rotatable bonds is 5. The van der Waals surface area contributed by atoms with Gasteiger partial charge in [-0.2, -0.15) is 0 Å². The first-order chi connectivity index (χ1) is 8.77. The summed E-state index contributed by atoms with van der Waals surface area (Å²) < 4.78 is 31.3. The molecular formula is C12H18N2O4S. The highest BCUT2D eigenvalue weighted by Crippen LogP contribution is 2.17. The highest BCUT2D eigenvalue weighted by Gasteiger charge is 2.34. The summed E-state index contributed by atoms with van der Waals surface area (Å²) >= 11 is 0. The van der Waals surface area contributed by atoms with E-state index in [0.717, 1.165) is 0 Å². The van der Waals surface area contributed by atoms with Crippen molar-refractivity contribution in [2.45, 2.75) is 37.7 Å². The van der Waals surface area contributed by atoms with E-state index in [-0.39, 0.29) is 4.90 Å². The smallest absolute Gasteiger partial charge is 0.265 e. The zero-order chi connectivity index (χ0) is 14.7. The second-order valence-electron chi connectivity index (χ2n) is 4.36. The molecule has 1 aromatic heterocycles. The zero-order valence-corrected chi connectivity index (χ0v) is 12.2. The van der Waals surface area contributed by atoms with Gasteiger partial charge in [0.1, 0.15) is 10.5 Å². The normalized spacial score (nSPS) is 14.7. The number of hydrogen-bond donors (Lipinski definition) is 1. The van der Waals surface area contributed by atoms with Crippen molar-refractivity contribution >= 4 is 15.9 Å². The van der Waals surface area contributed by atoms with Crippen molar-refractivity contribution in [1.82, 2.24) is 9.71 Å². The third-order valence-electron chi connectivity index (χ3n) is 3.11. The third kappa shape index (κ3) is 3.30. The van der Waals surface area contributed by atoms with E-state index in [1.54, 1.807) is 19.9 Å². The molecule has 0 saturated heterocycles. The molecule has 0 saturated carbocycles. The minimum Gasteiger partial charge on any atom is -0.369 e. The van der Waals surface area contributed by atoms with Gasteiger partial charge in [0.15, 0.2) is 0 Å². The van der Waals surface area contributed by atoms with Crippen LogP contribution in [-0.2, 0) is 19.6 Å². The van der Waals surface area contributed by atoms with E-state index in [1.165, 1.54) is 26.4 Å². The quantitative estimate of drug-likeness (QED) is 0.873. The fourth-order valence-corrected chi connectivity index (χ4v) is 2.67. The minimum absolute atomic E-state index is 0.0158. The Balaban J connectivity index is 3.06. The van der Waals surface area contributed by atoms with Crippen LogP contribution in [0.2, 0.25) is 0 Å². The van der Waals surface area contributed by atoms with Crippen molar-refractivity contribution in [3.8, 4) is 0 Å².